The van der Waals surface area contributed by atoms with Gasteiger partial charge < -0.3 is 113 Å². The number of likely N-dealkylation sites (N-methyl/N-ethyl adjacent to an activating group) is 2. The van der Waals surface area contributed by atoms with Crippen LogP contribution in [0.2, 0.25) is 0 Å². The van der Waals surface area contributed by atoms with E-state index in [0.29, 0.717) is 25.7 Å². The van der Waals surface area contributed by atoms with E-state index < -0.39 is 210 Å². The van der Waals surface area contributed by atoms with E-state index in [1.807, 2.05) is 65.7 Å². The van der Waals surface area contributed by atoms with Crippen molar-refractivity contribution < 1.29 is 122 Å². The Balaban J connectivity index is 0.000000371. The number of methoxy groups -OCH3 is 2. The van der Waals surface area contributed by atoms with Crippen LogP contribution in [0.4, 0.5) is 0 Å². The zero-order valence-corrected chi connectivity index (χ0v) is 66.9. The molecule has 6 aliphatic rings. The lowest BCUT2D eigenvalue weighted by molar-refractivity contribution is -0.318. The summed E-state index contributed by atoms with van der Waals surface area (Å²) in [6.45, 7) is 34.3. The van der Waals surface area contributed by atoms with Crippen LogP contribution in [0.5, 0.6) is 0 Å². The van der Waals surface area contributed by atoms with Crippen LogP contribution in [-0.4, -0.2) is 285 Å². The summed E-state index contributed by atoms with van der Waals surface area (Å²) in [5.41, 5.74) is -7.54. The van der Waals surface area contributed by atoms with Gasteiger partial charge >= 0.3 is 11.9 Å². The van der Waals surface area contributed by atoms with Crippen molar-refractivity contribution in [2.75, 3.05) is 42.4 Å². The van der Waals surface area contributed by atoms with Gasteiger partial charge in [-0.25, -0.2) is 0 Å². The van der Waals surface area contributed by atoms with Gasteiger partial charge in [0.25, 0.3) is 0 Å². The summed E-state index contributed by atoms with van der Waals surface area (Å²) in [5.74, 6) is -9.46. The average molecular weight is 1480 g/mol. The van der Waals surface area contributed by atoms with E-state index in [1.54, 1.807) is 96.9 Å². The second kappa shape index (κ2) is 37.4. The van der Waals surface area contributed by atoms with Crippen molar-refractivity contribution in [3.63, 3.8) is 0 Å². The molecule has 0 bridgehead atoms. The summed E-state index contributed by atoms with van der Waals surface area (Å²) in [7, 11) is 10.4. The van der Waals surface area contributed by atoms with E-state index in [-0.39, 0.29) is 68.6 Å². The molecule has 602 valence electrons. The van der Waals surface area contributed by atoms with Gasteiger partial charge in [0.05, 0.1) is 95.3 Å². The number of ether oxygens (including phenoxy) is 12. The summed E-state index contributed by atoms with van der Waals surface area (Å²) in [6.07, 6.45) is -17.1. The number of aliphatic hydroxyl groups excluding tert-OH is 6. The summed E-state index contributed by atoms with van der Waals surface area (Å²) in [6, 6.07) is -0.621. The molecule has 0 amide bonds. The Kier molecular flexibility index (Phi) is 33.1. The number of nitrogens with zero attached hydrogens (tertiary/aromatic N) is 2. The molecule has 0 aromatic carbocycles. The molecule has 0 spiro atoms. The summed E-state index contributed by atoms with van der Waals surface area (Å²) in [4.78, 5) is 59.9. The molecule has 6 aliphatic heterocycles. The van der Waals surface area contributed by atoms with Gasteiger partial charge in [-0.15, -0.1) is 0 Å². The van der Waals surface area contributed by atoms with Crippen LogP contribution in [0.15, 0.2) is 0 Å². The molecule has 27 heteroatoms. The number of hydrogen-bond donors (Lipinski definition) is 9. The van der Waals surface area contributed by atoms with Gasteiger partial charge in [0.2, 0.25) is 0 Å². The third-order valence-corrected chi connectivity index (χ3v) is 24.2. The lowest BCUT2D eigenvalue weighted by Crippen LogP contribution is -2.61. The molecule has 0 saturated carbocycles. The molecule has 36 atom stereocenters. The second-order valence-electron chi connectivity index (χ2n) is 33.0. The normalized spacial score (nSPS) is 48.7. The van der Waals surface area contributed by atoms with Crippen LogP contribution in [-0.2, 0) is 76.0 Å². The van der Waals surface area contributed by atoms with Crippen molar-refractivity contribution >= 4 is 23.5 Å². The number of ketones is 2. The van der Waals surface area contributed by atoms with E-state index >= 15 is 0 Å². The Bertz CT molecular complexity index is 2680. The van der Waals surface area contributed by atoms with Crippen LogP contribution >= 0.6 is 0 Å². The number of carbonyl (C=O) groups is 4. The highest BCUT2D eigenvalue weighted by Gasteiger charge is 2.57. The molecule has 0 aromatic rings. The topological polar surface area (TPSA) is 368 Å². The van der Waals surface area contributed by atoms with Crippen LogP contribution in [0.25, 0.3) is 0 Å². The van der Waals surface area contributed by atoms with E-state index in [9.17, 15) is 65.1 Å². The molecule has 9 N–H and O–H groups in total. The molecule has 27 nitrogen and oxygen atoms in total. The van der Waals surface area contributed by atoms with Crippen molar-refractivity contribution in [1.29, 1.82) is 0 Å². The first-order valence-electron chi connectivity index (χ1n) is 38.0. The Morgan fingerprint density at radius 2 is 0.845 bits per heavy atom. The zero-order valence-electron chi connectivity index (χ0n) is 66.9. The first-order valence-corrected chi connectivity index (χ1v) is 38.0. The maximum atomic E-state index is 14.2. The first kappa shape index (κ1) is 91.1. The van der Waals surface area contributed by atoms with Crippen LogP contribution in [0.3, 0.4) is 0 Å². The van der Waals surface area contributed by atoms with Crippen molar-refractivity contribution in [1.82, 2.24) is 9.80 Å². The van der Waals surface area contributed by atoms with Gasteiger partial charge in [0.1, 0.15) is 53.8 Å². The Labute approximate surface area is 614 Å². The maximum absolute atomic E-state index is 14.2. The molecule has 0 radical (unpaired) electrons. The molecule has 0 aromatic heterocycles. The fourth-order valence-electron chi connectivity index (χ4n) is 17.4. The standard InChI is InChI=1S/C38H69NO13.C38H69NO12/c1-14-26-38(46,15-2)31(42)21(5)28(40)19(3)17-36(9,45)33(52-35-29(41)25(39(11)12)16-20(4)48-35)22(6)30(23(7)34(44)50-26)51-27-18-37(10,47-13)32(43)24(8)49-27;1-14-25-27(15-2)49-35(44)23(7)32(50-28-18-38(10,46-13)33(43)24(8)48-28)22(6)34(37(9,45)17-19(3)29(40)21(5)30(25)41)51-36-31(42)26(39(11)12)16-20(4)47-36/h19-27,29-33,35,41-43,45-46H,14-18H2,1-13H3;19-28,30-34,36,41-43,45H,14-18H2,1-13H3. The van der Waals surface area contributed by atoms with Crippen LogP contribution in [0.1, 0.15) is 203 Å². The van der Waals surface area contributed by atoms with Crippen molar-refractivity contribution in [2.45, 2.75) is 366 Å². The summed E-state index contributed by atoms with van der Waals surface area (Å²) in [5, 5.41) is 105. The minimum atomic E-state index is -1.95. The van der Waals surface area contributed by atoms with E-state index in [2.05, 4.69) is 0 Å². The monoisotopic (exact) mass is 1480 g/mol. The predicted octanol–water partition coefficient (Wildman–Crippen LogP) is 5.24. The van der Waals surface area contributed by atoms with Gasteiger partial charge in [-0.05, 0) is 149 Å². The molecular formula is C76H138N2O25. The molecular weight excluding hydrogens is 1340 g/mol. The van der Waals surface area contributed by atoms with Gasteiger partial charge in [-0.1, -0.05) is 69.2 Å². The quantitative estimate of drug-likeness (QED) is 0.0892. The first-order chi connectivity index (χ1) is 47.6. The van der Waals surface area contributed by atoms with Crippen molar-refractivity contribution in [3.8, 4) is 0 Å². The average Bonchev–Trinajstić information content (AvgIpc) is 0.791. The molecule has 6 heterocycles. The number of hydrogen-bond acceptors (Lipinski definition) is 27. The third kappa shape index (κ3) is 20.9. The molecule has 6 fully saturated rings. The van der Waals surface area contributed by atoms with E-state index in [0.717, 1.165) is 0 Å². The van der Waals surface area contributed by atoms with Crippen LogP contribution in [0, 0.1) is 53.3 Å². The highest BCUT2D eigenvalue weighted by Crippen LogP contribution is 2.45. The summed E-state index contributed by atoms with van der Waals surface area (Å²) < 4.78 is 74.7. The second-order valence-corrected chi connectivity index (χ2v) is 33.0. The molecule has 6 saturated heterocycles. The fraction of sp³-hybridized carbons (Fsp3) is 0.947. The zero-order chi connectivity index (χ0) is 78.4. The van der Waals surface area contributed by atoms with E-state index in [1.165, 1.54) is 28.1 Å². The number of aliphatic hydroxyl groups is 9. The van der Waals surface area contributed by atoms with Crippen molar-refractivity contribution in [3.05, 3.63) is 0 Å². The minimum absolute atomic E-state index is 0.00783. The van der Waals surface area contributed by atoms with Gasteiger partial charge in [0, 0.05) is 80.6 Å². The molecule has 6 rings (SSSR count). The number of rotatable bonds is 16. The predicted molar refractivity (Wildman–Crippen MR) is 380 cm³/mol. The number of carbonyl (C=O) groups excluding carboxylic acids is 4. The van der Waals surface area contributed by atoms with Gasteiger partial charge in [-0.3, -0.25) is 19.2 Å². The van der Waals surface area contributed by atoms with Crippen molar-refractivity contribution in [2.24, 2.45) is 53.3 Å². The van der Waals surface area contributed by atoms with Crippen LogP contribution < -0.4 is 0 Å². The Morgan fingerprint density at radius 1 is 0.466 bits per heavy atom. The lowest BCUT2D eigenvalue weighted by atomic mass is 9.73. The molecule has 36 unspecified atom stereocenters. The van der Waals surface area contributed by atoms with Gasteiger partial charge in [0.15, 0.2) is 25.2 Å². The SMILES string of the molecule is CCC1OC(=O)C(C)C(OC2CC(C)(OC)C(O)C(C)O2)C(C)C(OC2OC(C)CC(N(C)C)C2O)C(C)(O)CC(C)C(=O)C(C)C(O)C1(O)CC.CCC1OC(=O)C(C)C(OC2CC(C)(OC)C(O)C(C)O2)C(C)C(OC2OC(C)CC(N(C)C)C2O)C(C)(O)CC(C)C(=O)C(C)C(O)C1CC. The lowest BCUT2D eigenvalue weighted by Gasteiger charge is -2.49. The highest BCUT2D eigenvalue weighted by atomic mass is 16.7. The number of cyclic esters (lactones) is 2. The summed E-state index contributed by atoms with van der Waals surface area (Å²) >= 11 is 0. The van der Waals surface area contributed by atoms with E-state index in [4.69, 9.17) is 56.8 Å². The number of esters is 2. The molecule has 0 aliphatic carbocycles. The highest BCUT2D eigenvalue weighted by molar-refractivity contribution is 5.84. The molecule has 103 heavy (non-hydrogen) atoms. The van der Waals surface area contributed by atoms with Gasteiger partial charge in [-0.2, -0.15) is 0 Å². The number of Topliss-reactive ketones (excluding diaryl/α,β-unsaturated/α-hetero) is 2. The maximum Gasteiger partial charge on any atom is 0.311 e. The smallest absolute Gasteiger partial charge is 0.311 e. The third-order valence-electron chi connectivity index (χ3n) is 24.2. The Hall–Kier alpha value is -2.56. The fourth-order valence-corrected chi connectivity index (χ4v) is 17.4. The minimum Gasteiger partial charge on any atom is -0.462 e. The Morgan fingerprint density at radius 3 is 1.18 bits per heavy atom. The largest absolute Gasteiger partial charge is 0.462 e.